The van der Waals surface area contributed by atoms with Crippen molar-refractivity contribution in [2.75, 3.05) is 26.9 Å². The van der Waals surface area contributed by atoms with E-state index in [1.165, 1.54) is 0 Å². The minimum absolute atomic E-state index is 0.0449. The molecule has 1 unspecified atom stereocenters. The third-order valence-electron chi connectivity index (χ3n) is 6.42. The second-order valence-corrected chi connectivity index (χ2v) is 8.78. The number of esters is 1. The van der Waals surface area contributed by atoms with Gasteiger partial charge in [0.15, 0.2) is 17.3 Å². The summed E-state index contributed by atoms with van der Waals surface area (Å²) in [6.45, 7) is 5.11. The van der Waals surface area contributed by atoms with Crippen LogP contribution in [0.1, 0.15) is 50.2 Å². The molecule has 0 saturated carbocycles. The van der Waals surface area contributed by atoms with Gasteiger partial charge in [-0.2, -0.15) is 0 Å². The number of hydrogen-bond acceptors (Lipinski definition) is 7. The number of carbonyl (C=O) groups is 2. The number of nitrogens with one attached hydrogen (secondary N) is 1. The van der Waals surface area contributed by atoms with Gasteiger partial charge in [0.05, 0.1) is 19.3 Å². The van der Waals surface area contributed by atoms with Crippen LogP contribution in [-0.4, -0.2) is 38.7 Å². The Balaban J connectivity index is 1.70. The maximum absolute atomic E-state index is 13.3. The summed E-state index contributed by atoms with van der Waals surface area (Å²) >= 11 is 0. The van der Waals surface area contributed by atoms with E-state index in [-0.39, 0.29) is 12.4 Å². The van der Waals surface area contributed by atoms with E-state index in [0.29, 0.717) is 54.6 Å². The van der Waals surface area contributed by atoms with Crippen molar-refractivity contribution >= 4 is 11.8 Å². The Morgan fingerprint density at radius 2 is 1.86 bits per heavy atom. The lowest BCUT2D eigenvalue weighted by atomic mass is 9.75. The van der Waals surface area contributed by atoms with Crippen LogP contribution in [0.25, 0.3) is 0 Å². The average molecular weight is 492 g/mol. The topological polar surface area (TPSA) is 83.1 Å². The summed E-state index contributed by atoms with van der Waals surface area (Å²) in [6.07, 6.45) is 2.00. The van der Waals surface area contributed by atoms with E-state index in [1.54, 1.807) is 7.11 Å². The van der Waals surface area contributed by atoms with Crippen LogP contribution >= 0.6 is 0 Å². The minimum atomic E-state index is -0.557. The molecule has 0 amide bonds. The predicted molar refractivity (Wildman–Crippen MR) is 136 cm³/mol. The van der Waals surface area contributed by atoms with Crippen LogP contribution in [0, 0.1) is 0 Å². The molecule has 0 bridgehead atoms. The molecule has 0 fully saturated rings. The third kappa shape index (κ3) is 5.62. The third-order valence-corrected chi connectivity index (χ3v) is 6.42. The van der Waals surface area contributed by atoms with Crippen molar-refractivity contribution in [3.63, 3.8) is 0 Å². The summed E-state index contributed by atoms with van der Waals surface area (Å²) in [6, 6.07) is 15.4. The lowest BCUT2D eigenvalue weighted by molar-refractivity contribution is -0.140. The Labute approximate surface area is 212 Å². The summed E-state index contributed by atoms with van der Waals surface area (Å²) in [5.74, 6) is 0.151. The number of hydrogen-bond donors (Lipinski definition) is 1. The first kappa shape index (κ1) is 25.5. The van der Waals surface area contributed by atoms with Crippen molar-refractivity contribution in [1.82, 2.24) is 5.32 Å². The quantitative estimate of drug-likeness (QED) is 0.377. The van der Waals surface area contributed by atoms with Gasteiger partial charge in [0, 0.05) is 35.9 Å². The first-order chi connectivity index (χ1) is 17.5. The van der Waals surface area contributed by atoms with Crippen LogP contribution < -0.4 is 14.8 Å². The molecular weight excluding hydrogens is 458 g/mol. The fourth-order valence-electron chi connectivity index (χ4n) is 4.72. The van der Waals surface area contributed by atoms with Crippen molar-refractivity contribution in [2.45, 2.75) is 45.6 Å². The number of allylic oxidation sites excluding steroid dienone is 3. The zero-order chi connectivity index (χ0) is 25.5. The highest BCUT2D eigenvalue weighted by atomic mass is 16.6. The Morgan fingerprint density at radius 3 is 2.61 bits per heavy atom. The van der Waals surface area contributed by atoms with E-state index in [4.69, 9.17) is 18.9 Å². The fourth-order valence-corrected chi connectivity index (χ4v) is 4.72. The Bertz CT molecular complexity index is 1170. The van der Waals surface area contributed by atoms with E-state index in [1.807, 2.05) is 62.4 Å². The molecule has 2 aromatic carbocycles. The highest BCUT2D eigenvalue weighted by Gasteiger charge is 2.39. The van der Waals surface area contributed by atoms with Crippen molar-refractivity contribution in [1.29, 1.82) is 0 Å². The van der Waals surface area contributed by atoms with Gasteiger partial charge in [0.1, 0.15) is 13.2 Å². The second kappa shape index (κ2) is 11.9. The van der Waals surface area contributed by atoms with E-state index in [2.05, 4.69) is 5.32 Å². The number of ether oxygens (including phenoxy) is 4. The standard InChI is InChI=1S/C29H33NO6/c1-4-34-15-16-35-29(32)26-19(2)30-22-11-8-12-23(31)28(22)27(26)21-13-14-24(33-3)25(17-21)36-18-20-9-6-5-7-10-20/h5-7,9-10,13-14,17,27,30H,4,8,11-12,15-16,18H2,1-3H3. The zero-order valence-corrected chi connectivity index (χ0v) is 21.1. The molecule has 0 aromatic heterocycles. The second-order valence-electron chi connectivity index (χ2n) is 8.78. The molecule has 0 saturated heterocycles. The van der Waals surface area contributed by atoms with Gasteiger partial charge in [0.2, 0.25) is 0 Å². The lowest BCUT2D eigenvalue weighted by Crippen LogP contribution is -2.34. The number of carbonyl (C=O) groups excluding carboxylic acids is 2. The van der Waals surface area contributed by atoms with Crippen LogP contribution in [0.3, 0.4) is 0 Å². The lowest BCUT2D eigenvalue weighted by Gasteiger charge is -2.34. The smallest absolute Gasteiger partial charge is 0.336 e. The molecule has 0 radical (unpaired) electrons. The molecule has 1 aliphatic heterocycles. The van der Waals surface area contributed by atoms with Crippen LogP contribution in [0.5, 0.6) is 11.5 Å². The molecule has 36 heavy (non-hydrogen) atoms. The molecule has 7 nitrogen and oxygen atoms in total. The van der Waals surface area contributed by atoms with Gasteiger partial charge in [-0.1, -0.05) is 36.4 Å². The highest BCUT2D eigenvalue weighted by Crippen LogP contribution is 2.44. The monoisotopic (exact) mass is 491 g/mol. The van der Waals surface area contributed by atoms with Crippen molar-refractivity contribution in [2.24, 2.45) is 0 Å². The van der Waals surface area contributed by atoms with E-state index in [0.717, 1.165) is 29.7 Å². The number of benzene rings is 2. The minimum Gasteiger partial charge on any atom is -0.493 e. The van der Waals surface area contributed by atoms with E-state index >= 15 is 0 Å². The first-order valence-corrected chi connectivity index (χ1v) is 12.4. The largest absolute Gasteiger partial charge is 0.493 e. The molecule has 1 aliphatic carbocycles. The van der Waals surface area contributed by atoms with E-state index < -0.39 is 11.9 Å². The first-order valence-electron chi connectivity index (χ1n) is 12.4. The fraction of sp³-hybridized carbons (Fsp3) is 0.379. The number of rotatable bonds is 10. The summed E-state index contributed by atoms with van der Waals surface area (Å²) < 4.78 is 22.5. The number of methoxy groups -OCH3 is 1. The predicted octanol–water partition coefficient (Wildman–Crippen LogP) is 4.82. The molecule has 190 valence electrons. The van der Waals surface area contributed by atoms with Gasteiger partial charge >= 0.3 is 5.97 Å². The van der Waals surface area contributed by atoms with Crippen LogP contribution in [0.15, 0.2) is 71.1 Å². The molecule has 2 aromatic rings. The van der Waals surface area contributed by atoms with Gasteiger partial charge < -0.3 is 24.3 Å². The highest BCUT2D eigenvalue weighted by molar-refractivity contribution is 6.03. The van der Waals surface area contributed by atoms with Gasteiger partial charge in [-0.15, -0.1) is 0 Å². The average Bonchev–Trinajstić information content (AvgIpc) is 2.89. The Morgan fingerprint density at radius 1 is 1.06 bits per heavy atom. The molecule has 1 N–H and O–H groups in total. The number of dihydropyridines is 1. The molecular formula is C29H33NO6. The molecule has 1 atom stereocenters. The van der Waals surface area contributed by atoms with Crippen molar-refractivity contribution < 1.29 is 28.5 Å². The molecule has 0 spiro atoms. The zero-order valence-electron chi connectivity index (χ0n) is 21.1. The summed E-state index contributed by atoms with van der Waals surface area (Å²) in [5, 5.41) is 3.32. The van der Waals surface area contributed by atoms with Gasteiger partial charge in [-0.05, 0) is 49.9 Å². The maximum atomic E-state index is 13.3. The molecule has 1 heterocycles. The number of ketones is 1. The number of Topliss-reactive ketones (excluding diaryl/α,β-unsaturated/α-hetero) is 1. The summed E-state index contributed by atoms with van der Waals surface area (Å²) in [5.41, 5.74) is 4.43. The van der Waals surface area contributed by atoms with Crippen molar-refractivity contribution in [3.8, 4) is 11.5 Å². The van der Waals surface area contributed by atoms with E-state index in [9.17, 15) is 9.59 Å². The van der Waals surface area contributed by atoms with Crippen LogP contribution in [0.4, 0.5) is 0 Å². The summed E-state index contributed by atoms with van der Waals surface area (Å²) in [7, 11) is 1.59. The summed E-state index contributed by atoms with van der Waals surface area (Å²) in [4.78, 5) is 26.4. The Kier molecular flexibility index (Phi) is 8.44. The van der Waals surface area contributed by atoms with Gasteiger partial charge in [-0.3, -0.25) is 4.79 Å². The van der Waals surface area contributed by atoms with Crippen LogP contribution in [-0.2, 0) is 25.7 Å². The Hall–Kier alpha value is -3.58. The van der Waals surface area contributed by atoms with Crippen LogP contribution in [0.2, 0.25) is 0 Å². The SMILES string of the molecule is CCOCCOC(=O)C1=C(C)NC2=C(C(=O)CCC2)C1c1ccc(OC)c(OCc2ccccc2)c1. The molecule has 4 rings (SSSR count). The normalized spacial score (nSPS) is 17.4. The van der Waals surface area contributed by atoms with Gasteiger partial charge in [0.25, 0.3) is 0 Å². The molecule has 7 heteroatoms. The van der Waals surface area contributed by atoms with Gasteiger partial charge in [-0.25, -0.2) is 4.79 Å². The van der Waals surface area contributed by atoms with Crippen molar-refractivity contribution in [3.05, 3.63) is 82.2 Å². The molecule has 2 aliphatic rings. The maximum Gasteiger partial charge on any atom is 0.336 e.